The van der Waals surface area contributed by atoms with Crippen molar-refractivity contribution in [2.24, 2.45) is 0 Å². The van der Waals surface area contributed by atoms with E-state index in [2.05, 4.69) is 45.9 Å². The molecule has 0 atom stereocenters. The molecular weight excluding hydrogens is 400 g/mol. The average molecular weight is 424 g/mol. The van der Waals surface area contributed by atoms with Crippen LogP contribution in [0.3, 0.4) is 0 Å². The minimum atomic E-state index is 0.118. The molecule has 3 aromatic rings. The van der Waals surface area contributed by atoms with Gasteiger partial charge >= 0.3 is 0 Å². The standard InChI is InChI=1S/C23H23N2O2S2/c26-16-14-24-18-8-4-6-10-20(18)28-22(24)12-2-1-3-13-23-25(15-17-27)19-9-5-7-11-21(19)29-23/h1-13,26-27H,14-17H2/q+1. The van der Waals surface area contributed by atoms with Crippen LogP contribution in [0.1, 0.15) is 5.01 Å². The Hall–Kier alpha value is -2.38. The third-order valence-corrected chi connectivity index (χ3v) is 6.88. The van der Waals surface area contributed by atoms with Crippen LogP contribution < -0.4 is 9.47 Å². The molecule has 2 heterocycles. The molecular formula is C23H23N2O2S2+. The largest absolute Gasteiger partial charge is 0.395 e. The first kappa shape index (κ1) is 19.9. The fourth-order valence-corrected chi connectivity index (χ4v) is 5.56. The minimum Gasteiger partial charge on any atom is -0.395 e. The number of aliphatic hydroxyl groups excluding tert-OH is 2. The number of aliphatic hydroxyl groups is 2. The molecule has 29 heavy (non-hydrogen) atoms. The summed E-state index contributed by atoms with van der Waals surface area (Å²) in [6, 6.07) is 16.5. The van der Waals surface area contributed by atoms with E-state index in [0.717, 1.165) is 21.2 Å². The minimum absolute atomic E-state index is 0.118. The summed E-state index contributed by atoms with van der Waals surface area (Å²) in [7, 11) is 0. The van der Waals surface area contributed by atoms with Crippen molar-refractivity contribution in [2.45, 2.75) is 11.4 Å². The Balaban J connectivity index is 1.51. The van der Waals surface area contributed by atoms with E-state index >= 15 is 0 Å². The SMILES string of the molecule is OCCN1/C(=C/C=C/C=C/c2sc3ccccc3[n+]2CCO)Sc2ccccc21. The summed E-state index contributed by atoms with van der Waals surface area (Å²) < 4.78 is 3.36. The number of thiazole rings is 1. The summed E-state index contributed by atoms with van der Waals surface area (Å²) in [4.78, 5) is 3.36. The Bertz CT molecular complexity index is 1090. The van der Waals surface area contributed by atoms with Crippen molar-refractivity contribution in [3.05, 3.63) is 82.9 Å². The van der Waals surface area contributed by atoms with Gasteiger partial charge in [-0.05, 0) is 24.3 Å². The number of allylic oxidation sites excluding steroid dienone is 4. The first-order chi connectivity index (χ1) is 14.3. The van der Waals surface area contributed by atoms with Crippen LogP contribution in [0.25, 0.3) is 16.3 Å². The van der Waals surface area contributed by atoms with Crippen molar-refractivity contribution in [3.63, 3.8) is 0 Å². The lowest BCUT2D eigenvalue weighted by Crippen LogP contribution is -2.36. The van der Waals surface area contributed by atoms with Crippen molar-refractivity contribution in [2.75, 3.05) is 24.7 Å². The number of fused-ring (bicyclic) bond motifs is 2. The number of thioether (sulfide) groups is 1. The summed E-state index contributed by atoms with van der Waals surface area (Å²) in [5.41, 5.74) is 2.30. The lowest BCUT2D eigenvalue weighted by molar-refractivity contribution is -0.670. The molecule has 0 aliphatic carbocycles. The molecule has 1 aliphatic heterocycles. The van der Waals surface area contributed by atoms with E-state index in [-0.39, 0.29) is 13.2 Å². The topological polar surface area (TPSA) is 47.6 Å². The van der Waals surface area contributed by atoms with Gasteiger partial charge in [0.05, 0.1) is 17.3 Å². The third kappa shape index (κ3) is 4.31. The maximum absolute atomic E-state index is 9.41. The molecule has 0 bridgehead atoms. The highest BCUT2D eigenvalue weighted by molar-refractivity contribution is 8.03. The van der Waals surface area contributed by atoms with Gasteiger partial charge in [0, 0.05) is 23.6 Å². The molecule has 0 unspecified atom stereocenters. The molecule has 2 aromatic carbocycles. The third-order valence-electron chi connectivity index (χ3n) is 4.62. The van der Waals surface area contributed by atoms with E-state index in [1.54, 1.807) is 23.1 Å². The van der Waals surface area contributed by atoms with Gasteiger partial charge in [-0.25, -0.2) is 0 Å². The molecule has 4 nitrogen and oxygen atoms in total. The maximum Gasteiger partial charge on any atom is 0.262 e. The van der Waals surface area contributed by atoms with E-state index < -0.39 is 0 Å². The summed E-state index contributed by atoms with van der Waals surface area (Å²) in [6.45, 7) is 1.41. The predicted octanol–water partition coefficient (Wildman–Crippen LogP) is 4.20. The highest BCUT2D eigenvalue weighted by Gasteiger charge is 2.23. The van der Waals surface area contributed by atoms with Crippen molar-refractivity contribution < 1.29 is 14.8 Å². The molecule has 6 heteroatoms. The van der Waals surface area contributed by atoms with Gasteiger partial charge in [0.15, 0.2) is 6.54 Å². The van der Waals surface area contributed by atoms with Crippen LogP contribution in [-0.2, 0) is 6.54 Å². The summed E-state index contributed by atoms with van der Waals surface area (Å²) in [5, 5.41) is 21.0. The highest BCUT2D eigenvalue weighted by atomic mass is 32.2. The van der Waals surface area contributed by atoms with Crippen molar-refractivity contribution in [1.29, 1.82) is 0 Å². The molecule has 0 saturated heterocycles. The smallest absolute Gasteiger partial charge is 0.262 e. The van der Waals surface area contributed by atoms with Crippen LogP contribution in [0, 0.1) is 0 Å². The number of aromatic nitrogens is 1. The lowest BCUT2D eigenvalue weighted by Gasteiger charge is -2.18. The van der Waals surface area contributed by atoms with Gasteiger partial charge in [-0.15, -0.1) is 0 Å². The Morgan fingerprint density at radius 2 is 1.76 bits per heavy atom. The van der Waals surface area contributed by atoms with Crippen LogP contribution >= 0.6 is 23.1 Å². The number of β-amino-alcohol motifs (C(OH)–C–C–N with tert-alkyl or cyclic N) is 1. The zero-order valence-electron chi connectivity index (χ0n) is 15.9. The monoisotopic (exact) mass is 423 g/mol. The number of hydrogen-bond acceptors (Lipinski definition) is 5. The predicted molar refractivity (Wildman–Crippen MR) is 122 cm³/mol. The zero-order valence-corrected chi connectivity index (χ0v) is 17.6. The molecule has 0 spiro atoms. The summed E-state index contributed by atoms with van der Waals surface area (Å²) in [5.74, 6) is 0. The van der Waals surface area contributed by atoms with Gasteiger partial charge in [0.2, 0.25) is 5.52 Å². The van der Waals surface area contributed by atoms with E-state index in [0.29, 0.717) is 13.1 Å². The Morgan fingerprint density at radius 3 is 2.62 bits per heavy atom. The number of anilines is 1. The van der Waals surface area contributed by atoms with Gasteiger partial charge in [-0.1, -0.05) is 65.6 Å². The van der Waals surface area contributed by atoms with Crippen LogP contribution in [0.4, 0.5) is 5.69 Å². The Morgan fingerprint density at radius 1 is 0.931 bits per heavy atom. The van der Waals surface area contributed by atoms with E-state index in [1.807, 2.05) is 42.5 Å². The molecule has 1 aromatic heterocycles. The fourth-order valence-electron chi connectivity index (χ4n) is 3.36. The molecule has 0 radical (unpaired) electrons. The molecule has 4 rings (SSSR count). The van der Waals surface area contributed by atoms with E-state index in [1.165, 1.54) is 9.60 Å². The van der Waals surface area contributed by atoms with Gasteiger partial charge in [-0.2, -0.15) is 4.57 Å². The number of benzene rings is 2. The number of nitrogens with zero attached hydrogens (tertiary/aromatic N) is 2. The number of rotatable bonds is 7. The van der Waals surface area contributed by atoms with Crippen molar-refractivity contribution in [1.82, 2.24) is 0 Å². The van der Waals surface area contributed by atoms with E-state index in [9.17, 15) is 10.2 Å². The normalized spacial score (nSPS) is 15.4. The summed E-state index contributed by atoms with van der Waals surface area (Å²) in [6.07, 6.45) is 10.2. The Kier molecular flexibility index (Phi) is 6.46. The maximum atomic E-state index is 9.41. The van der Waals surface area contributed by atoms with Gasteiger partial charge in [-0.3, -0.25) is 0 Å². The second-order valence-corrected chi connectivity index (χ2v) is 8.60. The lowest BCUT2D eigenvalue weighted by atomic mass is 10.3. The fraction of sp³-hybridized carbons (Fsp3) is 0.174. The molecule has 0 fully saturated rings. The average Bonchev–Trinajstić information content (AvgIpc) is 3.27. The number of hydrogen-bond donors (Lipinski definition) is 2. The number of para-hydroxylation sites is 2. The molecule has 0 saturated carbocycles. The zero-order chi connectivity index (χ0) is 20.1. The first-order valence-corrected chi connectivity index (χ1v) is 11.2. The molecule has 148 valence electrons. The second-order valence-electron chi connectivity index (χ2n) is 6.48. The van der Waals surface area contributed by atoms with Crippen LogP contribution in [0.2, 0.25) is 0 Å². The second kappa shape index (κ2) is 9.41. The highest BCUT2D eigenvalue weighted by Crippen LogP contribution is 2.45. The van der Waals surface area contributed by atoms with Crippen molar-refractivity contribution >= 4 is 45.1 Å². The quantitative estimate of drug-likeness (QED) is 0.442. The van der Waals surface area contributed by atoms with Crippen LogP contribution in [0.5, 0.6) is 0 Å². The van der Waals surface area contributed by atoms with Crippen molar-refractivity contribution in [3.8, 4) is 0 Å². The van der Waals surface area contributed by atoms with Gasteiger partial charge in [0.1, 0.15) is 11.3 Å². The molecule has 2 N–H and O–H groups in total. The van der Waals surface area contributed by atoms with E-state index in [4.69, 9.17) is 0 Å². The van der Waals surface area contributed by atoms with Crippen LogP contribution in [0.15, 0.2) is 82.8 Å². The molecule has 1 aliphatic rings. The van der Waals surface area contributed by atoms with Gasteiger partial charge in [0.25, 0.3) is 5.01 Å². The first-order valence-electron chi connectivity index (χ1n) is 9.54. The molecule has 0 amide bonds. The van der Waals surface area contributed by atoms with Gasteiger partial charge < -0.3 is 15.1 Å². The van der Waals surface area contributed by atoms with Crippen LogP contribution in [-0.4, -0.2) is 30.0 Å². The Labute approximate surface area is 178 Å². The summed E-state index contributed by atoms with van der Waals surface area (Å²) >= 11 is 3.44.